The van der Waals surface area contributed by atoms with Gasteiger partial charge in [-0.3, -0.25) is 4.90 Å². The van der Waals surface area contributed by atoms with Gasteiger partial charge in [0.2, 0.25) is 0 Å². The number of hydrogen-bond acceptors (Lipinski definition) is 2. The summed E-state index contributed by atoms with van der Waals surface area (Å²) in [6, 6.07) is 0.669. The van der Waals surface area contributed by atoms with E-state index in [0.29, 0.717) is 12.0 Å². The molecule has 0 aliphatic heterocycles. The predicted octanol–water partition coefficient (Wildman–Crippen LogP) is 3.62. The zero-order valence-electron chi connectivity index (χ0n) is 13.8. The first-order valence-electron chi connectivity index (χ1n) is 7.87. The van der Waals surface area contributed by atoms with Crippen molar-refractivity contribution in [2.45, 2.75) is 60.9 Å². The number of rotatable bonds is 10. The minimum atomic E-state index is 0.669. The van der Waals surface area contributed by atoms with Crippen molar-refractivity contribution < 1.29 is 0 Å². The molecule has 0 aromatic rings. The average molecular weight is 256 g/mol. The van der Waals surface area contributed by atoms with Crippen molar-refractivity contribution in [2.24, 2.45) is 17.8 Å². The zero-order chi connectivity index (χ0) is 14.1. The van der Waals surface area contributed by atoms with Crippen LogP contribution in [-0.2, 0) is 0 Å². The monoisotopic (exact) mass is 256 g/mol. The second-order valence-corrected chi connectivity index (χ2v) is 6.46. The molecular weight excluding hydrogens is 220 g/mol. The summed E-state index contributed by atoms with van der Waals surface area (Å²) in [7, 11) is 0. The summed E-state index contributed by atoms with van der Waals surface area (Å²) in [4.78, 5) is 2.66. The summed E-state index contributed by atoms with van der Waals surface area (Å²) in [5.74, 6) is 2.26. The van der Waals surface area contributed by atoms with E-state index in [-0.39, 0.29) is 0 Å². The molecule has 0 heterocycles. The van der Waals surface area contributed by atoms with E-state index in [0.717, 1.165) is 31.5 Å². The van der Waals surface area contributed by atoms with E-state index in [2.05, 4.69) is 58.7 Å². The second-order valence-electron chi connectivity index (χ2n) is 6.46. The van der Waals surface area contributed by atoms with Crippen LogP contribution in [0.4, 0.5) is 0 Å². The Hall–Kier alpha value is -0.0800. The van der Waals surface area contributed by atoms with Crippen LogP contribution in [0.15, 0.2) is 0 Å². The van der Waals surface area contributed by atoms with Gasteiger partial charge in [0.05, 0.1) is 0 Å². The Kier molecular flexibility index (Phi) is 9.76. The van der Waals surface area contributed by atoms with Gasteiger partial charge in [-0.2, -0.15) is 0 Å². The van der Waals surface area contributed by atoms with Crippen LogP contribution in [0.2, 0.25) is 0 Å². The van der Waals surface area contributed by atoms with Gasteiger partial charge < -0.3 is 5.32 Å². The van der Waals surface area contributed by atoms with Crippen molar-refractivity contribution in [2.75, 3.05) is 26.2 Å². The number of nitrogens with zero attached hydrogens (tertiary/aromatic N) is 1. The van der Waals surface area contributed by atoms with E-state index < -0.39 is 0 Å². The molecule has 0 aliphatic rings. The molecule has 0 spiro atoms. The lowest BCUT2D eigenvalue weighted by molar-refractivity contribution is 0.137. The Labute approximate surface area is 116 Å². The lowest BCUT2D eigenvalue weighted by Gasteiger charge is -2.35. The summed E-state index contributed by atoms with van der Waals surface area (Å²) in [6.07, 6.45) is 1.28. The van der Waals surface area contributed by atoms with Crippen LogP contribution in [0, 0.1) is 17.8 Å². The molecule has 0 bridgehead atoms. The Morgan fingerprint density at radius 3 is 1.94 bits per heavy atom. The van der Waals surface area contributed by atoms with E-state index in [9.17, 15) is 0 Å². The van der Waals surface area contributed by atoms with E-state index in [1.54, 1.807) is 0 Å². The largest absolute Gasteiger partial charge is 0.315 e. The van der Waals surface area contributed by atoms with Gasteiger partial charge in [-0.1, -0.05) is 54.9 Å². The first-order chi connectivity index (χ1) is 8.42. The van der Waals surface area contributed by atoms with Crippen molar-refractivity contribution in [3.63, 3.8) is 0 Å². The molecule has 110 valence electrons. The third-order valence-electron chi connectivity index (χ3n) is 3.79. The molecule has 0 rings (SSSR count). The lowest BCUT2D eigenvalue weighted by atomic mass is 9.99. The highest BCUT2D eigenvalue weighted by molar-refractivity contribution is 4.78. The fraction of sp³-hybridized carbons (Fsp3) is 1.00. The fourth-order valence-corrected chi connectivity index (χ4v) is 2.33. The van der Waals surface area contributed by atoms with Gasteiger partial charge in [0, 0.05) is 19.1 Å². The first kappa shape index (κ1) is 17.9. The Morgan fingerprint density at radius 2 is 1.56 bits per heavy atom. The van der Waals surface area contributed by atoms with E-state index in [4.69, 9.17) is 0 Å². The lowest BCUT2D eigenvalue weighted by Crippen LogP contribution is -2.47. The SMILES string of the molecule is CCC(C)CN(CC)C(CNCC(C)C)C(C)C. The normalized spacial score (nSPS) is 15.7. The van der Waals surface area contributed by atoms with Crippen LogP contribution in [0.25, 0.3) is 0 Å². The maximum Gasteiger partial charge on any atom is 0.0243 e. The van der Waals surface area contributed by atoms with Crippen LogP contribution in [0.3, 0.4) is 0 Å². The van der Waals surface area contributed by atoms with Crippen molar-refractivity contribution >= 4 is 0 Å². The first-order valence-corrected chi connectivity index (χ1v) is 7.87. The molecule has 18 heavy (non-hydrogen) atoms. The van der Waals surface area contributed by atoms with Gasteiger partial charge >= 0.3 is 0 Å². The van der Waals surface area contributed by atoms with Gasteiger partial charge in [0.25, 0.3) is 0 Å². The molecular formula is C16H36N2. The summed E-state index contributed by atoms with van der Waals surface area (Å²) in [6.45, 7) is 20.8. The smallest absolute Gasteiger partial charge is 0.0243 e. The highest BCUT2D eigenvalue weighted by Gasteiger charge is 2.21. The van der Waals surface area contributed by atoms with Crippen LogP contribution >= 0.6 is 0 Å². The summed E-state index contributed by atoms with van der Waals surface area (Å²) < 4.78 is 0. The molecule has 2 heteroatoms. The zero-order valence-corrected chi connectivity index (χ0v) is 13.8. The maximum absolute atomic E-state index is 3.63. The predicted molar refractivity (Wildman–Crippen MR) is 83.0 cm³/mol. The van der Waals surface area contributed by atoms with Crippen molar-refractivity contribution in [3.8, 4) is 0 Å². The molecule has 2 unspecified atom stereocenters. The van der Waals surface area contributed by atoms with Crippen LogP contribution in [-0.4, -0.2) is 37.1 Å². The molecule has 2 atom stereocenters. The van der Waals surface area contributed by atoms with Crippen molar-refractivity contribution in [1.82, 2.24) is 10.2 Å². The summed E-state index contributed by atoms with van der Waals surface area (Å²) >= 11 is 0. The standard InChI is InChI=1S/C16H36N2/c1-8-15(7)12-18(9-2)16(14(5)6)11-17-10-13(3)4/h13-17H,8-12H2,1-7H3. The van der Waals surface area contributed by atoms with Crippen LogP contribution < -0.4 is 5.32 Å². The topological polar surface area (TPSA) is 15.3 Å². The van der Waals surface area contributed by atoms with Gasteiger partial charge in [0.1, 0.15) is 0 Å². The molecule has 0 saturated carbocycles. The molecule has 0 amide bonds. The number of likely N-dealkylation sites (N-methyl/N-ethyl adjacent to an activating group) is 1. The van der Waals surface area contributed by atoms with Gasteiger partial charge in [0.15, 0.2) is 0 Å². The van der Waals surface area contributed by atoms with E-state index in [1.807, 2.05) is 0 Å². The molecule has 0 saturated heterocycles. The van der Waals surface area contributed by atoms with Gasteiger partial charge in [-0.25, -0.2) is 0 Å². The highest BCUT2D eigenvalue weighted by atomic mass is 15.2. The van der Waals surface area contributed by atoms with E-state index in [1.165, 1.54) is 13.0 Å². The summed E-state index contributed by atoms with van der Waals surface area (Å²) in [5.41, 5.74) is 0. The molecule has 0 fully saturated rings. The van der Waals surface area contributed by atoms with Gasteiger partial charge in [-0.15, -0.1) is 0 Å². The average Bonchev–Trinajstić information content (AvgIpc) is 2.31. The quantitative estimate of drug-likeness (QED) is 0.642. The van der Waals surface area contributed by atoms with Crippen molar-refractivity contribution in [3.05, 3.63) is 0 Å². The van der Waals surface area contributed by atoms with Crippen LogP contribution in [0.5, 0.6) is 0 Å². The number of nitrogens with one attached hydrogen (secondary N) is 1. The third-order valence-corrected chi connectivity index (χ3v) is 3.79. The Balaban J connectivity index is 4.34. The fourth-order valence-electron chi connectivity index (χ4n) is 2.33. The summed E-state index contributed by atoms with van der Waals surface area (Å²) in [5, 5.41) is 3.63. The Bertz CT molecular complexity index is 190. The Morgan fingerprint density at radius 1 is 0.944 bits per heavy atom. The molecule has 0 aromatic carbocycles. The minimum absolute atomic E-state index is 0.669. The van der Waals surface area contributed by atoms with E-state index >= 15 is 0 Å². The minimum Gasteiger partial charge on any atom is -0.315 e. The molecule has 0 aromatic heterocycles. The molecule has 1 N–H and O–H groups in total. The molecule has 0 radical (unpaired) electrons. The van der Waals surface area contributed by atoms with Crippen molar-refractivity contribution in [1.29, 1.82) is 0 Å². The third kappa shape index (κ3) is 7.38. The molecule has 0 aliphatic carbocycles. The van der Waals surface area contributed by atoms with Crippen LogP contribution in [0.1, 0.15) is 54.9 Å². The van der Waals surface area contributed by atoms with Gasteiger partial charge in [-0.05, 0) is 30.8 Å². The highest BCUT2D eigenvalue weighted by Crippen LogP contribution is 2.14. The molecule has 2 nitrogen and oxygen atoms in total. The second kappa shape index (κ2) is 9.80. The number of hydrogen-bond donors (Lipinski definition) is 1. The maximum atomic E-state index is 3.63.